The fourth-order valence-electron chi connectivity index (χ4n) is 7.38. The molecule has 0 aromatic rings. The largest absolute Gasteiger partial charge is 0.472 e. The van der Waals surface area contributed by atoms with E-state index in [2.05, 4.69) is 38.2 Å². The minimum atomic E-state index is -5.12. The third-order valence-electron chi connectivity index (χ3n) is 11.3. The number of aliphatic hydroxyl groups excluding tert-OH is 5. The quantitative estimate of drug-likeness (QED) is 0.0147. The lowest BCUT2D eigenvalue weighted by molar-refractivity contribution is -0.220. The lowest BCUT2D eigenvalue weighted by atomic mass is 9.85. The molecule has 6 N–H and O–H groups in total. The van der Waals surface area contributed by atoms with E-state index in [0.717, 1.165) is 64.2 Å². The van der Waals surface area contributed by atoms with Crippen molar-refractivity contribution in [2.24, 2.45) is 0 Å². The summed E-state index contributed by atoms with van der Waals surface area (Å²) in [6.07, 6.45) is 28.0. The van der Waals surface area contributed by atoms with E-state index in [-0.39, 0.29) is 12.8 Å². The van der Waals surface area contributed by atoms with Gasteiger partial charge in [-0.3, -0.25) is 18.6 Å². The van der Waals surface area contributed by atoms with Crippen molar-refractivity contribution in [2.45, 2.75) is 249 Å². The number of esters is 2. The van der Waals surface area contributed by atoms with Gasteiger partial charge in [-0.05, 0) is 44.9 Å². The van der Waals surface area contributed by atoms with Crippen molar-refractivity contribution < 1.29 is 63.1 Å². The molecular weight excluding hydrogens is 803 g/mol. The number of hydrogen-bond donors (Lipinski definition) is 6. The molecule has 6 unspecified atom stereocenters. The highest BCUT2D eigenvalue weighted by molar-refractivity contribution is 7.47. The maximum Gasteiger partial charge on any atom is 0.472 e. The first-order chi connectivity index (χ1) is 29.4. The summed E-state index contributed by atoms with van der Waals surface area (Å²) in [6.45, 7) is 3.28. The minimum Gasteiger partial charge on any atom is -0.462 e. The summed E-state index contributed by atoms with van der Waals surface area (Å²) in [5, 5.41) is 50.2. The topological polar surface area (TPSA) is 210 Å². The molecule has 0 heterocycles. The fourth-order valence-corrected chi connectivity index (χ4v) is 8.35. The van der Waals surface area contributed by atoms with Gasteiger partial charge in [0, 0.05) is 12.8 Å². The van der Waals surface area contributed by atoms with Crippen molar-refractivity contribution in [3.8, 4) is 0 Å². The monoisotopic (exact) mass is 891 g/mol. The molecule has 1 rings (SSSR count). The number of allylic oxidation sites excluding steroid dienone is 4. The zero-order chi connectivity index (χ0) is 45.0. The van der Waals surface area contributed by atoms with Crippen LogP contribution in [0.4, 0.5) is 0 Å². The predicted octanol–water partition coefficient (Wildman–Crippen LogP) is 9.62. The van der Waals surface area contributed by atoms with Crippen LogP contribution in [0.15, 0.2) is 24.3 Å². The summed E-state index contributed by atoms with van der Waals surface area (Å²) in [5.41, 5.74) is 0. The third kappa shape index (κ3) is 30.2. The summed E-state index contributed by atoms with van der Waals surface area (Å²) >= 11 is 0. The Hall–Kier alpha value is -1.67. The van der Waals surface area contributed by atoms with E-state index in [1.807, 2.05) is 0 Å². The fraction of sp³-hybridized carbons (Fsp3) is 0.872. The van der Waals surface area contributed by atoms with Gasteiger partial charge < -0.3 is 39.9 Å². The molecule has 8 atom stereocenters. The van der Waals surface area contributed by atoms with Crippen LogP contribution in [-0.2, 0) is 32.7 Å². The van der Waals surface area contributed by atoms with Crippen LogP contribution in [-0.4, -0.2) is 98.3 Å². The van der Waals surface area contributed by atoms with Crippen molar-refractivity contribution in [3.05, 3.63) is 24.3 Å². The van der Waals surface area contributed by atoms with Gasteiger partial charge >= 0.3 is 19.8 Å². The van der Waals surface area contributed by atoms with Crippen molar-refractivity contribution in [2.75, 3.05) is 13.2 Å². The molecule has 0 bridgehead atoms. The predicted molar refractivity (Wildman–Crippen MR) is 240 cm³/mol. The third-order valence-corrected chi connectivity index (χ3v) is 12.3. The van der Waals surface area contributed by atoms with Gasteiger partial charge in [0.15, 0.2) is 6.10 Å². The van der Waals surface area contributed by atoms with Crippen LogP contribution in [0.25, 0.3) is 0 Å². The molecule has 1 saturated carbocycles. The maximum absolute atomic E-state index is 12.8. The Morgan fingerprint density at radius 2 is 0.885 bits per heavy atom. The van der Waals surface area contributed by atoms with Gasteiger partial charge in [0.25, 0.3) is 0 Å². The number of carbonyl (C=O) groups excluding carboxylic acids is 2. The maximum atomic E-state index is 12.8. The second kappa shape index (κ2) is 37.7. The van der Waals surface area contributed by atoms with Crippen molar-refractivity contribution in [3.63, 3.8) is 0 Å². The zero-order valence-corrected chi connectivity index (χ0v) is 38.9. The summed E-state index contributed by atoms with van der Waals surface area (Å²) in [6, 6.07) is 0. The van der Waals surface area contributed by atoms with E-state index in [1.54, 1.807) is 0 Å². The van der Waals surface area contributed by atoms with E-state index >= 15 is 0 Å². The first-order valence-corrected chi connectivity index (χ1v) is 25.6. The van der Waals surface area contributed by atoms with Crippen molar-refractivity contribution >= 4 is 19.8 Å². The molecule has 1 aliphatic carbocycles. The molecule has 0 aromatic carbocycles. The molecule has 0 radical (unpaired) electrons. The second-order valence-electron chi connectivity index (χ2n) is 17.0. The van der Waals surface area contributed by atoms with E-state index in [1.165, 1.54) is 103 Å². The molecule has 0 saturated heterocycles. The summed E-state index contributed by atoms with van der Waals surface area (Å²) in [4.78, 5) is 35.7. The molecule has 13 nitrogen and oxygen atoms in total. The van der Waals surface area contributed by atoms with E-state index in [0.29, 0.717) is 12.8 Å². The van der Waals surface area contributed by atoms with Gasteiger partial charge in [0.05, 0.1) is 6.61 Å². The molecule has 1 fully saturated rings. The number of hydrogen-bond acceptors (Lipinski definition) is 12. The molecule has 14 heteroatoms. The van der Waals surface area contributed by atoms with Crippen LogP contribution in [0.2, 0.25) is 0 Å². The minimum absolute atomic E-state index is 0.0834. The number of rotatable bonds is 40. The Labute approximate surface area is 368 Å². The van der Waals surface area contributed by atoms with Crippen LogP contribution in [0.1, 0.15) is 206 Å². The van der Waals surface area contributed by atoms with Crippen LogP contribution < -0.4 is 0 Å². The average molecular weight is 891 g/mol. The lowest BCUT2D eigenvalue weighted by Crippen LogP contribution is -2.64. The van der Waals surface area contributed by atoms with Crippen LogP contribution in [0.5, 0.6) is 0 Å². The Kier molecular flexibility index (Phi) is 35.4. The molecule has 61 heavy (non-hydrogen) atoms. The van der Waals surface area contributed by atoms with Crippen LogP contribution >= 0.6 is 7.82 Å². The molecule has 0 spiro atoms. The first kappa shape index (κ1) is 57.3. The highest BCUT2D eigenvalue weighted by Crippen LogP contribution is 2.47. The highest BCUT2D eigenvalue weighted by atomic mass is 31.2. The standard InChI is InChI=1S/C47H87O13P/c1-3-5-7-9-11-13-15-17-19-20-22-23-25-27-29-31-33-35-40(48)57-37-39(38-58-61(55,56)60-47-45(53)43(51)42(50)44(52)46(47)54)59-41(49)36-34-32-30-28-26-24-21-18-16-14-12-10-8-6-4-2/h12,14,18,21,39,42-47,50-54H,3-11,13,15-17,19-20,22-38H2,1-2H3,(H,55,56)/b14-12+,21-18+/t39-,42?,43-,44?,45?,46?,47?/m0/s1. The van der Waals surface area contributed by atoms with Gasteiger partial charge in [0.2, 0.25) is 0 Å². The molecule has 0 amide bonds. The van der Waals surface area contributed by atoms with Gasteiger partial charge in [0.1, 0.15) is 43.2 Å². The van der Waals surface area contributed by atoms with Gasteiger partial charge in [-0.25, -0.2) is 4.57 Å². The zero-order valence-electron chi connectivity index (χ0n) is 38.0. The van der Waals surface area contributed by atoms with Gasteiger partial charge in [-0.2, -0.15) is 0 Å². The van der Waals surface area contributed by atoms with E-state index in [9.17, 15) is 44.6 Å². The number of unbranched alkanes of at least 4 members (excludes halogenated alkanes) is 24. The Balaban J connectivity index is 2.43. The van der Waals surface area contributed by atoms with E-state index < -0.39 is 75.7 Å². The number of phosphoric acid groups is 1. The van der Waals surface area contributed by atoms with Gasteiger partial charge in [-0.1, -0.05) is 173 Å². The lowest BCUT2D eigenvalue weighted by Gasteiger charge is -2.41. The normalized spacial score (nSPS) is 22.2. The highest BCUT2D eigenvalue weighted by Gasteiger charge is 2.51. The molecule has 0 aromatic heterocycles. The Morgan fingerprint density at radius 3 is 1.36 bits per heavy atom. The summed E-state index contributed by atoms with van der Waals surface area (Å²) in [7, 11) is -5.12. The number of phosphoric ester groups is 1. The molecule has 358 valence electrons. The Bertz CT molecular complexity index is 1170. The molecule has 1 aliphatic rings. The number of carbonyl (C=O) groups is 2. The van der Waals surface area contributed by atoms with Crippen molar-refractivity contribution in [1.29, 1.82) is 0 Å². The smallest absolute Gasteiger partial charge is 0.462 e. The van der Waals surface area contributed by atoms with Gasteiger partial charge in [-0.15, -0.1) is 0 Å². The number of aliphatic hydroxyl groups is 5. The molecular formula is C47H87O13P. The van der Waals surface area contributed by atoms with E-state index in [4.69, 9.17) is 18.5 Å². The Morgan fingerprint density at radius 1 is 0.508 bits per heavy atom. The summed E-state index contributed by atoms with van der Waals surface area (Å²) < 4.78 is 33.6. The van der Waals surface area contributed by atoms with Crippen LogP contribution in [0, 0.1) is 0 Å². The average Bonchev–Trinajstić information content (AvgIpc) is 3.24. The van der Waals surface area contributed by atoms with Crippen LogP contribution in [0.3, 0.4) is 0 Å². The second-order valence-corrected chi connectivity index (χ2v) is 18.4. The SMILES string of the molecule is CCCCC/C=C/C/C=C/CCCCCCCC(=O)O[C@@H](COC(=O)CCCCCCCCCCCCCCCCCCC)COP(=O)(O)OC1C(O)C(O)C(O)[C@H](O)C1O. The first-order valence-electron chi connectivity index (χ1n) is 24.1. The number of ether oxygens (including phenoxy) is 2. The molecule has 0 aliphatic heterocycles. The summed E-state index contributed by atoms with van der Waals surface area (Å²) in [5.74, 6) is -1.11. The van der Waals surface area contributed by atoms with Crippen molar-refractivity contribution in [1.82, 2.24) is 0 Å².